The fourth-order valence-corrected chi connectivity index (χ4v) is 2.41. The highest BCUT2D eigenvalue weighted by molar-refractivity contribution is 5.92. The molecule has 2 rings (SSSR count). The van der Waals surface area contributed by atoms with Crippen molar-refractivity contribution in [3.8, 4) is 5.75 Å². The third-order valence-corrected chi connectivity index (χ3v) is 3.88. The maximum absolute atomic E-state index is 12.3. The molecule has 0 spiro atoms. The average molecular weight is 341 g/mol. The first kappa shape index (κ1) is 18.8. The number of likely N-dealkylation sites (N-methyl/N-ethyl adjacent to an activating group) is 1. The van der Waals surface area contributed by atoms with Gasteiger partial charge < -0.3 is 20.7 Å². The van der Waals surface area contributed by atoms with Crippen LogP contribution in [0.3, 0.4) is 0 Å². The van der Waals surface area contributed by atoms with Gasteiger partial charge in [0.15, 0.2) is 0 Å². The van der Waals surface area contributed by atoms with E-state index in [0.717, 1.165) is 23.4 Å². The van der Waals surface area contributed by atoms with Gasteiger partial charge in [0, 0.05) is 18.7 Å². The predicted octanol–water partition coefficient (Wildman–Crippen LogP) is 3.09. The first-order valence-corrected chi connectivity index (χ1v) is 8.47. The van der Waals surface area contributed by atoms with Gasteiger partial charge in [-0.2, -0.15) is 0 Å². The van der Waals surface area contributed by atoms with E-state index >= 15 is 0 Å². The van der Waals surface area contributed by atoms with Crippen LogP contribution >= 0.6 is 0 Å². The third kappa shape index (κ3) is 6.12. The summed E-state index contributed by atoms with van der Waals surface area (Å²) >= 11 is 0. The van der Waals surface area contributed by atoms with Gasteiger partial charge in [-0.05, 0) is 56.8 Å². The van der Waals surface area contributed by atoms with Gasteiger partial charge in [0.25, 0.3) is 0 Å². The highest BCUT2D eigenvalue weighted by atomic mass is 16.5. The van der Waals surface area contributed by atoms with E-state index < -0.39 is 0 Å². The van der Waals surface area contributed by atoms with E-state index in [9.17, 15) is 4.79 Å². The second-order valence-electron chi connectivity index (χ2n) is 6.40. The molecule has 25 heavy (non-hydrogen) atoms. The molecular formula is C20H27N3O2. The maximum atomic E-state index is 12.3. The number of benzene rings is 2. The van der Waals surface area contributed by atoms with Crippen LogP contribution in [-0.4, -0.2) is 38.1 Å². The van der Waals surface area contributed by atoms with Crippen LogP contribution < -0.4 is 15.8 Å². The molecule has 0 fully saturated rings. The van der Waals surface area contributed by atoms with Crippen LogP contribution in [0.4, 0.5) is 11.4 Å². The SMILES string of the molecule is Cc1ccc(NC(=O)CCc2ccccc2N)c(OCCN(C)C)c1. The molecule has 0 saturated carbocycles. The van der Waals surface area contributed by atoms with E-state index in [1.54, 1.807) is 0 Å². The summed E-state index contributed by atoms with van der Waals surface area (Å²) in [7, 11) is 4.00. The normalized spacial score (nSPS) is 10.7. The lowest BCUT2D eigenvalue weighted by atomic mass is 10.1. The maximum Gasteiger partial charge on any atom is 0.224 e. The Morgan fingerprint density at radius 2 is 1.96 bits per heavy atom. The molecule has 1 amide bonds. The van der Waals surface area contributed by atoms with Gasteiger partial charge in [-0.1, -0.05) is 24.3 Å². The first-order valence-electron chi connectivity index (χ1n) is 8.47. The van der Waals surface area contributed by atoms with Gasteiger partial charge >= 0.3 is 0 Å². The molecule has 0 aromatic heterocycles. The number of nitrogens with zero attached hydrogens (tertiary/aromatic N) is 1. The Hall–Kier alpha value is -2.53. The summed E-state index contributed by atoms with van der Waals surface area (Å²) < 4.78 is 5.84. The van der Waals surface area contributed by atoms with Crippen molar-refractivity contribution in [3.63, 3.8) is 0 Å². The topological polar surface area (TPSA) is 67.6 Å². The zero-order valence-electron chi connectivity index (χ0n) is 15.2. The van der Waals surface area contributed by atoms with E-state index in [1.807, 2.05) is 63.5 Å². The number of anilines is 2. The van der Waals surface area contributed by atoms with Crippen molar-refractivity contribution < 1.29 is 9.53 Å². The molecule has 5 nitrogen and oxygen atoms in total. The lowest BCUT2D eigenvalue weighted by Crippen LogP contribution is -2.20. The van der Waals surface area contributed by atoms with Crippen molar-refractivity contribution in [3.05, 3.63) is 53.6 Å². The summed E-state index contributed by atoms with van der Waals surface area (Å²) in [5, 5.41) is 2.95. The quantitative estimate of drug-likeness (QED) is 0.724. The van der Waals surface area contributed by atoms with Crippen LogP contribution in [0, 0.1) is 6.92 Å². The summed E-state index contributed by atoms with van der Waals surface area (Å²) in [6.45, 7) is 3.39. The van der Waals surface area contributed by atoms with Gasteiger partial charge in [0.05, 0.1) is 5.69 Å². The monoisotopic (exact) mass is 341 g/mol. The average Bonchev–Trinajstić information content (AvgIpc) is 2.56. The van der Waals surface area contributed by atoms with Gasteiger partial charge in [-0.3, -0.25) is 4.79 Å². The van der Waals surface area contributed by atoms with Crippen LogP contribution in [0.25, 0.3) is 0 Å². The highest BCUT2D eigenvalue weighted by Crippen LogP contribution is 2.26. The Kier molecular flexibility index (Phi) is 6.83. The first-order chi connectivity index (χ1) is 12.0. The van der Waals surface area contributed by atoms with Crippen molar-refractivity contribution in [2.45, 2.75) is 19.8 Å². The number of hydrogen-bond acceptors (Lipinski definition) is 4. The van der Waals surface area contributed by atoms with Crippen LogP contribution in [0.2, 0.25) is 0 Å². The highest BCUT2D eigenvalue weighted by Gasteiger charge is 2.10. The molecule has 0 bridgehead atoms. The molecule has 5 heteroatoms. The summed E-state index contributed by atoms with van der Waals surface area (Å²) in [5.41, 5.74) is 9.43. The van der Waals surface area contributed by atoms with Gasteiger partial charge in [-0.15, -0.1) is 0 Å². The van der Waals surface area contributed by atoms with Gasteiger partial charge in [-0.25, -0.2) is 0 Å². The molecule has 0 aliphatic heterocycles. The second kappa shape index (κ2) is 9.08. The number of aryl methyl sites for hydroxylation is 2. The van der Waals surface area contributed by atoms with Crippen LogP contribution in [-0.2, 0) is 11.2 Å². The molecular weight excluding hydrogens is 314 g/mol. The van der Waals surface area contributed by atoms with Crippen molar-refractivity contribution in [2.75, 3.05) is 38.3 Å². The molecule has 0 saturated heterocycles. The Labute approximate surface area is 149 Å². The molecule has 134 valence electrons. The predicted molar refractivity (Wildman–Crippen MR) is 103 cm³/mol. The Morgan fingerprint density at radius 3 is 2.68 bits per heavy atom. The number of hydrogen-bond donors (Lipinski definition) is 2. The van der Waals surface area contributed by atoms with E-state index in [-0.39, 0.29) is 5.91 Å². The van der Waals surface area contributed by atoms with Crippen molar-refractivity contribution in [1.29, 1.82) is 0 Å². The minimum atomic E-state index is -0.0513. The molecule has 0 unspecified atom stereocenters. The number of carbonyl (C=O) groups excluding carboxylic acids is 1. The third-order valence-electron chi connectivity index (χ3n) is 3.88. The zero-order chi connectivity index (χ0) is 18.2. The van der Waals surface area contributed by atoms with Crippen molar-refractivity contribution >= 4 is 17.3 Å². The minimum Gasteiger partial charge on any atom is -0.490 e. The molecule has 2 aromatic rings. The van der Waals surface area contributed by atoms with Gasteiger partial charge in [0.2, 0.25) is 5.91 Å². The van der Waals surface area contributed by atoms with E-state index in [4.69, 9.17) is 10.5 Å². The lowest BCUT2D eigenvalue weighted by Gasteiger charge is -2.15. The fraction of sp³-hybridized carbons (Fsp3) is 0.350. The summed E-state index contributed by atoms with van der Waals surface area (Å²) in [4.78, 5) is 14.4. The molecule has 0 heterocycles. The number of carbonyl (C=O) groups is 1. The van der Waals surface area contributed by atoms with E-state index in [2.05, 4.69) is 10.2 Å². The number of nitrogen functional groups attached to an aromatic ring is 1. The van der Waals surface area contributed by atoms with E-state index in [1.165, 1.54) is 0 Å². The number of para-hydroxylation sites is 1. The minimum absolute atomic E-state index is 0.0513. The molecule has 0 aliphatic rings. The number of rotatable bonds is 8. The fourth-order valence-electron chi connectivity index (χ4n) is 2.41. The zero-order valence-corrected chi connectivity index (χ0v) is 15.2. The van der Waals surface area contributed by atoms with Crippen LogP contribution in [0.5, 0.6) is 5.75 Å². The van der Waals surface area contributed by atoms with Crippen LogP contribution in [0.15, 0.2) is 42.5 Å². The number of amides is 1. The second-order valence-corrected chi connectivity index (χ2v) is 6.40. The van der Waals surface area contributed by atoms with E-state index in [0.29, 0.717) is 30.9 Å². The molecule has 0 atom stereocenters. The van der Waals surface area contributed by atoms with Gasteiger partial charge in [0.1, 0.15) is 12.4 Å². The molecule has 0 radical (unpaired) electrons. The summed E-state index contributed by atoms with van der Waals surface area (Å²) in [5.74, 6) is 0.652. The smallest absolute Gasteiger partial charge is 0.224 e. The summed E-state index contributed by atoms with van der Waals surface area (Å²) in [6.07, 6.45) is 0.987. The van der Waals surface area contributed by atoms with Crippen LogP contribution in [0.1, 0.15) is 17.5 Å². The summed E-state index contributed by atoms with van der Waals surface area (Å²) in [6, 6.07) is 13.4. The number of ether oxygens (including phenoxy) is 1. The Bertz CT molecular complexity index is 714. The molecule has 3 N–H and O–H groups in total. The standard InChI is InChI=1S/C20H27N3O2/c1-15-8-10-18(19(14-15)25-13-12-23(2)3)22-20(24)11-9-16-6-4-5-7-17(16)21/h4-8,10,14H,9,11-13,21H2,1-3H3,(H,22,24). The number of nitrogens with two attached hydrogens (primary N) is 1. The lowest BCUT2D eigenvalue weighted by molar-refractivity contribution is -0.116. The molecule has 0 aliphatic carbocycles. The Balaban J connectivity index is 1.96. The van der Waals surface area contributed by atoms with Crippen molar-refractivity contribution in [2.24, 2.45) is 0 Å². The number of nitrogens with one attached hydrogen (secondary N) is 1. The largest absolute Gasteiger partial charge is 0.490 e. The Morgan fingerprint density at radius 1 is 1.20 bits per heavy atom. The molecule has 2 aromatic carbocycles. The van der Waals surface area contributed by atoms with Crippen molar-refractivity contribution in [1.82, 2.24) is 4.90 Å².